The van der Waals surface area contributed by atoms with Crippen molar-refractivity contribution < 1.29 is 18.3 Å². The third-order valence-corrected chi connectivity index (χ3v) is 3.40. The molecule has 1 atom stereocenters. The minimum absolute atomic E-state index is 0.331. The zero-order valence-electron chi connectivity index (χ0n) is 8.62. The van der Waals surface area contributed by atoms with Gasteiger partial charge in [-0.25, -0.2) is 0 Å². The maximum absolute atomic E-state index is 11.6. The molecule has 80 valence electrons. The van der Waals surface area contributed by atoms with Crippen molar-refractivity contribution in [3.05, 3.63) is 0 Å². The highest BCUT2D eigenvalue weighted by atomic mass is 31.2. The Hall–Kier alpha value is 0.110. The van der Waals surface area contributed by atoms with E-state index in [1.54, 1.807) is 6.92 Å². The van der Waals surface area contributed by atoms with Crippen molar-refractivity contribution in [1.82, 2.24) is 0 Å². The van der Waals surface area contributed by atoms with Gasteiger partial charge in [-0.05, 0) is 13.3 Å². The van der Waals surface area contributed by atoms with Gasteiger partial charge < -0.3 is 13.8 Å². The van der Waals surface area contributed by atoms with Gasteiger partial charge in [-0.3, -0.25) is 4.57 Å². The third-order valence-electron chi connectivity index (χ3n) is 1.46. The molecule has 0 aromatic heterocycles. The summed E-state index contributed by atoms with van der Waals surface area (Å²) in [6.45, 7) is 5.34. The van der Waals surface area contributed by atoms with Crippen LogP contribution in [0.2, 0.25) is 0 Å². The first kappa shape index (κ1) is 13.1. The Morgan fingerprint density at radius 2 is 1.92 bits per heavy atom. The van der Waals surface area contributed by atoms with Crippen molar-refractivity contribution in [1.29, 1.82) is 0 Å². The smallest absolute Gasteiger partial charge is 0.332 e. The summed E-state index contributed by atoms with van der Waals surface area (Å²) in [5.41, 5.74) is 0. The molecule has 0 bridgehead atoms. The van der Waals surface area contributed by atoms with Crippen LogP contribution < -0.4 is 0 Å². The van der Waals surface area contributed by atoms with Crippen molar-refractivity contribution in [3.8, 4) is 0 Å². The third kappa shape index (κ3) is 6.22. The van der Waals surface area contributed by atoms with E-state index in [9.17, 15) is 4.57 Å². The van der Waals surface area contributed by atoms with Crippen LogP contribution in [0.25, 0.3) is 0 Å². The second kappa shape index (κ2) is 7.51. The molecule has 0 aromatic rings. The Morgan fingerprint density at radius 3 is 2.38 bits per heavy atom. The highest BCUT2D eigenvalue weighted by Gasteiger charge is 2.21. The summed E-state index contributed by atoms with van der Waals surface area (Å²) in [5.74, 6) is 0. The van der Waals surface area contributed by atoms with Crippen LogP contribution in [0.3, 0.4) is 0 Å². The van der Waals surface area contributed by atoms with Crippen molar-refractivity contribution in [2.45, 2.75) is 20.3 Å². The van der Waals surface area contributed by atoms with Crippen LogP contribution in [0, 0.1) is 0 Å². The number of hydrogen-bond donors (Lipinski definition) is 0. The molecule has 0 heterocycles. The minimum Gasteiger partial charge on any atom is -0.381 e. The first-order valence-corrected chi connectivity index (χ1v) is 6.28. The van der Waals surface area contributed by atoms with Crippen LogP contribution >= 0.6 is 7.60 Å². The Balaban J connectivity index is 3.64. The largest absolute Gasteiger partial charge is 0.381 e. The van der Waals surface area contributed by atoms with Gasteiger partial charge in [0.25, 0.3) is 0 Å². The van der Waals surface area contributed by atoms with Gasteiger partial charge in [0.15, 0.2) is 0 Å². The van der Waals surface area contributed by atoms with Crippen LogP contribution in [-0.4, -0.2) is 33.1 Å². The lowest BCUT2D eigenvalue weighted by atomic mass is 10.5. The number of rotatable bonds is 8. The molecule has 0 spiro atoms. The van der Waals surface area contributed by atoms with E-state index in [4.69, 9.17) is 13.8 Å². The average Bonchev–Trinajstić information content (AvgIpc) is 2.13. The zero-order chi connectivity index (χ0) is 10.2. The van der Waals surface area contributed by atoms with E-state index < -0.39 is 7.60 Å². The fourth-order valence-corrected chi connectivity index (χ4v) is 1.99. The van der Waals surface area contributed by atoms with Gasteiger partial charge in [-0.2, -0.15) is 0 Å². The van der Waals surface area contributed by atoms with Crippen LogP contribution in [-0.2, 0) is 18.3 Å². The monoisotopic (exact) mass is 210 g/mol. The van der Waals surface area contributed by atoms with Crippen molar-refractivity contribution in [2.24, 2.45) is 0 Å². The summed E-state index contributed by atoms with van der Waals surface area (Å²) in [4.78, 5) is 0. The molecular weight excluding hydrogens is 191 g/mol. The maximum atomic E-state index is 11.6. The van der Waals surface area contributed by atoms with E-state index in [0.717, 1.165) is 6.42 Å². The number of hydrogen-bond acceptors (Lipinski definition) is 4. The van der Waals surface area contributed by atoms with Crippen molar-refractivity contribution >= 4 is 7.60 Å². The van der Waals surface area contributed by atoms with Gasteiger partial charge in [-0.1, -0.05) is 6.92 Å². The SMILES string of the molecule is CCCOCCP(=O)(OC)OCC. The average molecular weight is 210 g/mol. The molecule has 0 saturated heterocycles. The Labute approximate surface area is 80.1 Å². The summed E-state index contributed by atoms with van der Waals surface area (Å²) in [6.07, 6.45) is 1.29. The maximum Gasteiger partial charge on any atom is 0.332 e. The van der Waals surface area contributed by atoms with E-state index in [0.29, 0.717) is 26.0 Å². The standard InChI is InChI=1S/C8H19O4P/c1-4-6-11-7-8-13(9,10-3)12-5-2/h4-8H2,1-3H3. The fraction of sp³-hybridized carbons (Fsp3) is 1.00. The molecule has 1 unspecified atom stereocenters. The van der Waals surface area contributed by atoms with Gasteiger partial charge >= 0.3 is 7.60 Å². The normalized spacial score (nSPS) is 15.6. The van der Waals surface area contributed by atoms with Gasteiger partial charge in [0.2, 0.25) is 0 Å². The predicted octanol–water partition coefficient (Wildman–Crippen LogP) is 2.29. The number of ether oxygens (including phenoxy) is 1. The van der Waals surface area contributed by atoms with Crippen LogP contribution in [0.15, 0.2) is 0 Å². The molecule has 0 fully saturated rings. The molecule has 13 heavy (non-hydrogen) atoms. The van der Waals surface area contributed by atoms with Gasteiger partial charge in [0.05, 0.1) is 19.4 Å². The summed E-state index contributed by atoms with van der Waals surface area (Å²) in [6, 6.07) is 0. The summed E-state index contributed by atoms with van der Waals surface area (Å²) in [5, 5.41) is 0. The van der Waals surface area contributed by atoms with Crippen LogP contribution in [0.5, 0.6) is 0 Å². The second-order valence-electron chi connectivity index (χ2n) is 2.55. The topological polar surface area (TPSA) is 44.8 Å². The molecular formula is C8H19O4P. The molecule has 0 aliphatic rings. The van der Waals surface area contributed by atoms with Crippen molar-refractivity contribution in [3.63, 3.8) is 0 Å². The van der Waals surface area contributed by atoms with E-state index in [1.165, 1.54) is 7.11 Å². The highest BCUT2D eigenvalue weighted by Crippen LogP contribution is 2.46. The van der Waals surface area contributed by atoms with E-state index in [-0.39, 0.29) is 0 Å². The van der Waals surface area contributed by atoms with E-state index in [1.807, 2.05) is 6.92 Å². The minimum atomic E-state index is -2.87. The first-order chi connectivity index (χ1) is 6.18. The van der Waals surface area contributed by atoms with Crippen LogP contribution in [0.1, 0.15) is 20.3 Å². The molecule has 0 saturated carbocycles. The Bertz CT molecular complexity index is 160. The summed E-state index contributed by atoms with van der Waals surface area (Å²) < 4.78 is 26.6. The highest BCUT2D eigenvalue weighted by molar-refractivity contribution is 7.53. The molecule has 5 heteroatoms. The second-order valence-corrected chi connectivity index (χ2v) is 4.84. The van der Waals surface area contributed by atoms with Crippen molar-refractivity contribution in [2.75, 3.05) is 33.1 Å². The fourth-order valence-electron chi connectivity index (χ4n) is 0.828. The molecule has 0 N–H and O–H groups in total. The first-order valence-electron chi connectivity index (χ1n) is 4.55. The lowest BCUT2D eigenvalue weighted by Gasteiger charge is -2.14. The van der Waals surface area contributed by atoms with Gasteiger partial charge in [0, 0.05) is 13.7 Å². The summed E-state index contributed by atoms with van der Waals surface area (Å²) >= 11 is 0. The zero-order valence-corrected chi connectivity index (χ0v) is 9.51. The molecule has 0 rings (SSSR count). The molecule has 0 amide bonds. The molecule has 0 aliphatic heterocycles. The molecule has 0 aliphatic carbocycles. The quantitative estimate of drug-likeness (QED) is 0.455. The Kier molecular flexibility index (Phi) is 7.57. The van der Waals surface area contributed by atoms with Gasteiger partial charge in [0.1, 0.15) is 0 Å². The molecule has 0 radical (unpaired) electrons. The van der Waals surface area contributed by atoms with E-state index >= 15 is 0 Å². The van der Waals surface area contributed by atoms with E-state index in [2.05, 4.69) is 0 Å². The lowest BCUT2D eigenvalue weighted by Crippen LogP contribution is -2.05. The molecule has 0 aromatic carbocycles. The molecule has 4 nitrogen and oxygen atoms in total. The summed E-state index contributed by atoms with van der Waals surface area (Å²) in [7, 11) is -1.47. The Morgan fingerprint density at radius 1 is 1.23 bits per heavy atom. The lowest BCUT2D eigenvalue weighted by molar-refractivity contribution is 0.142. The van der Waals surface area contributed by atoms with Gasteiger partial charge in [-0.15, -0.1) is 0 Å². The predicted molar refractivity (Wildman–Crippen MR) is 52.2 cm³/mol. The van der Waals surface area contributed by atoms with Crippen LogP contribution in [0.4, 0.5) is 0 Å².